The fourth-order valence-corrected chi connectivity index (χ4v) is 2.66. The molecule has 0 spiro atoms. The summed E-state index contributed by atoms with van der Waals surface area (Å²) in [5, 5.41) is 9.76. The minimum atomic E-state index is -0.0341. The van der Waals surface area contributed by atoms with E-state index in [9.17, 15) is 9.90 Å². The van der Waals surface area contributed by atoms with E-state index in [0.717, 1.165) is 3.57 Å². The van der Waals surface area contributed by atoms with Gasteiger partial charge in [0, 0.05) is 25.3 Å². The van der Waals surface area contributed by atoms with Crippen LogP contribution in [0.15, 0.2) is 18.2 Å². The molecule has 1 unspecified atom stereocenters. The lowest BCUT2D eigenvalue weighted by atomic mass is 10.1. The Balaban J connectivity index is 2.17. The summed E-state index contributed by atoms with van der Waals surface area (Å²) in [6.45, 7) is 3.21. The van der Waals surface area contributed by atoms with E-state index in [1.807, 2.05) is 27.5 Å². The summed E-state index contributed by atoms with van der Waals surface area (Å²) in [6.07, 6.45) is 2.38. The Morgan fingerprint density at radius 2 is 2.25 bits per heavy atom. The Hall–Kier alpha value is -0.820. The summed E-state index contributed by atoms with van der Waals surface area (Å²) < 4.78 is 5.86. The van der Waals surface area contributed by atoms with Crippen molar-refractivity contribution < 1.29 is 14.6 Å². The highest BCUT2D eigenvalue weighted by molar-refractivity contribution is 14.1. The first-order valence-electron chi connectivity index (χ1n) is 6.83. The van der Waals surface area contributed by atoms with E-state index in [4.69, 9.17) is 4.74 Å². The summed E-state index contributed by atoms with van der Waals surface area (Å²) >= 11 is 2.04. The average Bonchev–Trinajstić information content (AvgIpc) is 3.26. The highest BCUT2D eigenvalue weighted by atomic mass is 127. The quantitative estimate of drug-likeness (QED) is 0.762. The van der Waals surface area contributed by atoms with Crippen LogP contribution in [-0.4, -0.2) is 42.2 Å². The largest absolute Gasteiger partial charge is 0.507 e. The van der Waals surface area contributed by atoms with E-state index in [0.29, 0.717) is 24.6 Å². The Kier molecular flexibility index (Phi) is 5.26. The van der Waals surface area contributed by atoms with Crippen LogP contribution in [-0.2, 0) is 4.74 Å². The fourth-order valence-electron chi connectivity index (χ4n) is 2.32. The summed E-state index contributed by atoms with van der Waals surface area (Å²) in [5.74, 6) is 0.726. The predicted octanol–water partition coefficient (Wildman–Crippen LogP) is 2.88. The van der Waals surface area contributed by atoms with Crippen molar-refractivity contribution in [2.75, 3.05) is 20.3 Å². The number of halogens is 1. The maximum atomic E-state index is 12.6. The maximum Gasteiger partial charge on any atom is 0.254 e. The van der Waals surface area contributed by atoms with E-state index in [1.165, 1.54) is 12.8 Å². The molecule has 0 aromatic heterocycles. The maximum absolute atomic E-state index is 12.6. The molecule has 0 bridgehead atoms. The Bertz CT molecular complexity index is 488. The van der Waals surface area contributed by atoms with Gasteiger partial charge in [0.1, 0.15) is 5.75 Å². The molecule has 0 heterocycles. The van der Waals surface area contributed by atoms with E-state index < -0.39 is 0 Å². The number of aromatic hydroxyl groups is 1. The third kappa shape index (κ3) is 3.63. The van der Waals surface area contributed by atoms with E-state index in [1.54, 1.807) is 25.3 Å². The van der Waals surface area contributed by atoms with Crippen LogP contribution < -0.4 is 0 Å². The number of hydrogen-bond acceptors (Lipinski definition) is 3. The van der Waals surface area contributed by atoms with Gasteiger partial charge in [-0.2, -0.15) is 0 Å². The second-order valence-corrected chi connectivity index (χ2v) is 6.40. The standard InChI is InChI=1S/C15H20INO3/c1-10(11-3-4-11)17(7-8-20-2)15(19)12-5-6-13(16)14(18)9-12/h5-6,9-11,18H,3-4,7-8H2,1-2H3. The Morgan fingerprint density at radius 3 is 2.80 bits per heavy atom. The van der Waals surface area contributed by atoms with Crippen molar-refractivity contribution in [2.24, 2.45) is 5.92 Å². The van der Waals surface area contributed by atoms with Crippen molar-refractivity contribution in [3.63, 3.8) is 0 Å². The number of carbonyl (C=O) groups excluding carboxylic acids is 1. The lowest BCUT2D eigenvalue weighted by Crippen LogP contribution is -2.42. The third-order valence-electron chi connectivity index (χ3n) is 3.79. The average molecular weight is 389 g/mol. The van der Waals surface area contributed by atoms with Crippen LogP contribution in [0.1, 0.15) is 30.1 Å². The van der Waals surface area contributed by atoms with E-state index >= 15 is 0 Å². The molecule has 5 heteroatoms. The smallest absolute Gasteiger partial charge is 0.254 e. The van der Waals surface area contributed by atoms with Crippen LogP contribution in [0, 0.1) is 9.49 Å². The molecule has 1 amide bonds. The molecule has 2 rings (SSSR count). The summed E-state index contributed by atoms with van der Waals surface area (Å²) in [5.41, 5.74) is 0.534. The molecule has 0 saturated heterocycles. The number of phenolic OH excluding ortho intramolecular Hbond substituents is 1. The van der Waals surface area contributed by atoms with Gasteiger partial charge in [-0.3, -0.25) is 4.79 Å². The number of ether oxygens (including phenoxy) is 1. The number of rotatable bonds is 6. The molecule has 1 aliphatic rings. The van der Waals surface area contributed by atoms with Crippen molar-refractivity contribution in [1.29, 1.82) is 0 Å². The number of phenols is 1. The minimum absolute atomic E-state index is 0.0341. The Morgan fingerprint density at radius 1 is 1.55 bits per heavy atom. The van der Waals surface area contributed by atoms with Crippen molar-refractivity contribution in [3.8, 4) is 5.75 Å². The van der Waals surface area contributed by atoms with Gasteiger partial charge in [-0.15, -0.1) is 0 Å². The van der Waals surface area contributed by atoms with Crippen LogP contribution in [0.25, 0.3) is 0 Å². The fraction of sp³-hybridized carbons (Fsp3) is 0.533. The topological polar surface area (TPSA) is 49.8 Å². The zero-order chi connectivity index (χ0) is 14.7. The zero-order valence-corrected chi connectivity index (χ0v) is 14.0. The molecule has 110 valence electrons. The van der Waals surface area contributed by atoms with E-state index in [2.05, 4.69) is 6.92 Å². The van der Waals surface area contributed by atoms with Crippen LogP contribution >= 0.6 is 22.6 Å². The first-order valence-corrected chi connectivity index (χ1v) is 7.91. The molecule has 1 atom stereocenters. The van der Waals surface area contributed by atoms with E-state index in [-0.39, 0.29) is 17.7 Å². The van der Waals surface area contributed by atoms with Gasteiger partial charge < -0.3 is 14.7 Å². The molecule has 1 aliphatic carbocycles. The molecular weight excluding hydrogens is 369 g/mol. The van der Waals surface area contributed by atoms with Gasteiger partial charge in [0.2, 0.25) is 0 Å². The first kappa shape index (κ1) is 15.6. The zero-order valence-electron chi connectivity index (χ0n) is 11.8. The summed E-state index contributed by atoms with van der Waals surface area (Å²) in [4.78, 5) is 14.5. The molecule has 1 fully saturated rings. The number of carbonyl (C=O) groups is 1. The van der Waals surface area contributed by atoms with Crippen molar-refractivity contribution in [3.05, 3.63) is 27.3 Å². The molecule has 20 heavy (non-hydrogen) atoms. The van der Waals surface area contributed by atoms with Gasteiger partial charge in [0.25, 0.3) is 5.91 Å². The lowest BCUT2D eigenvalue weighted by Gasteiger charge is -2.29. The van der Waals surface area contributed by atoms with Gasteiger partial charge in [0.15, 0.2) is 0 Å². The van der Waals surface area contributed by atoms with Gasteiger partial charge >= 0.3 is 0 Å². The number of methoxy groups -OCH3 is 1. The molecule has 0 aliphatic heterocycles. The highest BCUT2D eigenvalue weighted by Crippen LogP contribution is 2.35. The Labute approximate surface area is 133 Å². The molecule has 1 aromatic carbocycles. The van der Waals surface area contributed by atoms with Gasteiger partial charge in [-0.25, -0.2) is 0 Å². The van der Waals surface area contributed by atoms with Crippen molar-refractivity contribution >= 4 is 28.5 Å². The molecule has 1 saturated carbocycles. The van der Waals surface area contributed by atoms with Crippen LogP contribution in [0.3, 0.4) is 0 Å². The molecule has 1 N–H and O–H groups in total. The molecule has 4 nitrogen and oxygen atoms in total. The normalized spacial score (nSPS) is 15.9. The first-order chi connectivity index (χ1) is 9.54. The number of amides is 1. The summed E-state index contributed by atoms with van der Waals surface area (Å²) in [7, 11) is 1.64. The SMILES string of the molecule is COCCN(C(=O)c1ccc(I)c(O)c1)C(C)C1CC1. The molecule has 0 radical (unpaired) electrons. The monoisotopic (exact) mass is 389 g/mol. The van der Waals surface area contributed by atoms with Gasteiger partial charge in [-0.05, 0) is 66.5 Å². The summed E-state index contributed by atoms with van der Waals surface area (Å²) in [6, 6.07) is 5.30. The minimum Gasteiger partial charge on any atom is -0.507 e. The third-order valence-corrected chi connectivity index (χ3v) is 4.70. The molecule has 1 aromatic rings. The number of benzene rings is 1. The van der Waals surface area contributed by atoms with Gasteiger partial charge in [-0.1, -0.05) is 0 Å². The van der Waals surface area contributed by atoms with Crippen molar-refractivity contribution in [2.45, 2.75) is 25.8 Å². The van der Waals surface area contributed by atoms with Crippen LogP contribution in [0.4, 0.5) is 0 Å². The second kappa shape index (κ2) is 6.76. The lowest BCUT2D eigenvalue weighted by molar-refractivity contribution is 0.0594. The number of nitrogens with zero attached hydrogens (tertiary/aromatic N) is 1. The predicted molar refractivity (Wildman–Crippen MR) is 85.9 cm³/mol. The van der Waals surface area contributed by atoms with Crippen LogP contribution in [0.5, 0.6) is 5.75 Å². The van der Waals surface area contributed by atoms with Gasteiger partial charge in [0.05, 0.1) is 10.2 Å². The van der Waals surface area contributed by atoms with Crippen molar-refractivity contribution in [1.82, 2.24) is 4.90 Å². The molecular formula is C15H20INO3. The highest BCUT2D eigenvalue weighted by Gasteiger charge is 2.34. The number of hydrogen-bond donors (Lipinski definition) is 1. The second-order valence-electron chi connectivity index (χ2n) is 5.24. The van der Waals surface area contributed by atoms with Crippen LogP contribution in [0.2, 0.25) is 0 Å².